The maximum absolute atomic E-state index is 11.6. The van der Waals surface area contributed by atoms with Gasteiger partial charge in [0.05, 0.1) is 0 Å². The molecule has 0 amide bonds. The highest BCUT2D eigenvalue weighted by Gasteiger charge is 2.47. The van der Waals surface area contributed by atoms with Crippen molar-refractivity contribution >= 4 is 5.97 Å². The molecule has 0 saturated carbocycles. The van der Waals surface area contributed by atoms with E-state index >= 15 is 0 Å². The van der Waals surface area contributed by atoms with Crippen molar-refractivity contribution in [2.24, 2.45) is 11.8 Å². The van der Waals surface area contributed by atoms with E-state index in [0.29, 0.717) is 5.92 Å². The number of allylic oxidation sites excluding steroid dienone is 3. The maximum atomic E-state index is 11.6. The Labute approximate surface area is 122 Å². The van der Waals surface area contributed by atoms with Crippen LogP contribution in [-0.4, -0.2) is 22.7 Å². The maximum Gasteiger partial charge on any atom is 0.321 e. The summed E-state index contributed by atoms with van der Waals surface area (Å²) in [7, 11) is 0. The number of rotatable bonds is 4. The van der Waals surface area contributed by atoms with Crippen LogP contribution in [0.4, 0.5) is 0 Å². The topological polar surface area (TPSA) is 49.3 Å². The highest BCUT2D eigenvalue weighted by Crippen LogP contribution is 2.43. The second-order valence-corrected chi connectivity index (χ2v) is 6.92. The number of aliphatic carboxylic acids is 1. The molecule has 0 unspecified atom stereocenters. The van der Waals surface area contributed by atoms with Gasteiger partial charge >= 0.3 is 5.97 Å². The van der Waals surface area contributed by atoms with Gasteiger partial charge in [0, 0.05) is 11.5 Å². The minimum atomic E-state index is -0.712. The standard InChI is InChI=1S/C17H27NO2/c1-11(2)6-5-9-17(4)13-8-7-12(3)14(10-13)15(18-17)16(19)20/h6-7,13-15,18H,5,8-10H2,1-4H3,(H,19,20)/t13-,14-,15-,17+/m1/s1. The largest absolute Gasteiger partial charge is 0.480 e. The Morgan fingerprint density at radius 2 is 2.25 bits per heavy atom. The second kappa shape index (κ2) is 5.72. The van der Waals surface area contributed by atoms with Crippen LogP contribution in [0.5, 0.6) is 0 Å². The lowest BCUT2D eigenvalue weighted by atomic mass is 9.64. The fourth-order valence-electron chi connectivity index (χ4n) is 3.73. The summed E-state index contributed by atoms with van der Waals surface area (Å²) in [6.45, 7) is 8.50. The molecule has 3 nitrogen and oxygen atoms in total. The molecule has 4 atom stereocenters. The van der Waals surface area contributed by atoms with Gasteiger partial charge in [-0.05, 0) is 59.3 Å². The third-order valence-electron chi connectivity index (χ3n) is 5.12. The van der Waals surface area contributed by atoms with Crippen LogP contribution < -0.4 is 5.32 Å². The first kappa shape index (κ1) is 15.3. The summed E-state index contributed by atoms with van der Waals surface area (Å²) in [5, 5.41) is 13.0. The highest BCUT2D eigenvalue weighted by atomic mass is 16.4. The predicted molar refractivity (Wildman–Crippen MR) is 81.6 cm³/mol. The van der Waals surface area contributed by atoms with E-state index in [1.54, 1.807) is 0 Å². The summed E-state index contributed by atoms with van der Waals surface area (Å²) in [5.74, 6) is 0.0108. The normalized spacial score (nSPS) is 36.2. The summed E-state index contributed by atoms with van der Waals surface area (Å²) < 4.78 is 0. The lowest BCUT2D eigenvalue weighted by Gasteiger charge is -2.50. The molecule has 2 aliphatic rings. The lowest BCUT2D eigenvalue weighted by molar-refractivity contribution is -0.143. The number of carboxylic acids is 1. The van der Waals surface area contributed by atoms with Gasteiger partial charge < -0.3 is 5.11 Å². The number of carboxylic acid groups (broad SMARTS) is 1. The third-order valence-corrected chi connectivity index (χ3v) is 5.12. The summed E-state index contributed by atoms with van der Waals surface area (Å²) in [6, 6.07) is -0.431. The van der Waals surface area contributed by atoms with E-state index in [4.69, 9.17) is 0 Å². The van der Waals surface area contributed by atoms with Gasteiger partial charge in [0.1, 0.15) is 6.04 Å². The Morgan fingerprint density at radius 3 is 2.85 bits per heavy atom. The minimum absolute atomic E-state index is 0.0668. The van der Waals surface area contributed by atoms with Crippen LogP contribution in [0, 0.1) is 11.8 Å². The van der Waals surface area contributed by atoms with Crippen molar-refractivity contribution < 1.29 is 9.90 Å². The van der Waals surface area contributed by atoms with E-state index in [1.165, 1.54) is 11.1 Å². The zero-order valence-electron chi connectivity index (χ0n) is 13.1. The molecular weight excluding hydrogens is 250 g/mol. The van der Waals surface area contributed by atoms with E-state index in [9.17, 15) is 9.90 Å². The quantitative estimate of drug-likeness (QED) is 0.773. The number of piperidine rings is 1. The van der Waals surface area contributed by atoms with Crippen molar-refractivity contribution in [2.45, 2.75) is 65.0 Å². The lowest BCUT2D eigenvalue weighted by Crippen LogP contribution is -2.63. The van der Waals surface area contributed by atoms with Gasteiger partial charge in [0.25, 0.3) is 0 Å². The van der Waals surface area contributed by atoms with Gasteiger partial charge in [-0.1, -0.05) is 23.3 Å². The fourth-order valence-corrected chi connectivity index (χ4v) is 3.73. The first-order chi connectivity index (χ1) is 9.33. The minimum Gasteiger partial charge on any atom is -0.480 e. The van der Waals surface area contributed by atoms with Crippen molar-refractivity contribution in [3.63, 3.8) is 0 Å². The molecule has 2 bridgehead atoms. The van der Waals surface area contributed by atoms with Crippen molar-refractivity contribution in [1.29, 1.82) is 0 Å². The molecule has 0 aromatic carbocycles. The summed E-state index contributed by atoms with van der Waals surface area (Å²) >= 11 is 0. The zero-order chi connectivity index (χ0) is 14.9. The molecule has 1 saturated heterocycles. The van der Waals surface area contributed by atoms with E-state index in [2.05, 4.69) is 45.2 Å². The zero-order valence-corrected chi connectivity index (χ0v) is 13.1. The fraction of sp³-hybridized carbons (Fsp3) is 0.706. The molecule has 1 fully saturated rings. The van der Waals surface area contributed by atoms with Crippen molar-refractivity contribution in [3.8, 4) is 0 Å². The molecule has 1 heterocycles. The number of hydrogen-bond donors (Lipinski definition) is 2. The van der Waals surface area contributed by atoms with Gasteiger partial charge in [0.2, 0.25) is 0 Å². The van der Waals surface area contributed by atoms with Crippen molar-refractivity contribution in [3.05, 3.63) is 23.3 Å². The first-order valence-electron chi connectivity index (χ1n) is 7.64. The average molecular weight is 277 g/mol. The van der Waals surface area contributed by atoms with Crippen LogP contribution in [0.3, 0.4) is 0 Å². The molecule has 112 valence electrons. The van der Waals surface area contributed by atoms with Crippen LogP contribution in [0.2, 0.25) is 0 Å². The summed E-state index contributed by atoms with van der Waals surface area (Å²) in [5.41, 5.74) is 2.51. The number of carbonyl (C=O) groups is 1. The van der Waals surface area contributed by atoms with Gasteiger partial charge in [-0.15, -0.1) is 0 Å². The molecule has 0 aromatic heterocycles. The SMILES string of the molecule is CC(C)=CCC[C@]1(C)N[C@@H](C(=O)O)[C@@H]2C[C@H]1CC=C2C. The van der Waals surface area contributed by atoms with Crippen molar-refractivity contribution in [2.75, 3.05) is 0 Å². The smallest absolute Gasteiger partial charge is 0.321 e. The van der Waals surface area contributed by atoms with Gasteiger partial charge in [-0.3, -0.25) is 10.1 Å². The number of fused-ring (bicyclic) bond motifs is 2. The third kappa shape index (κ3) is 2.98. The van der Waals surface area contributed by atoms with Crippen molar-refractivity contribution in [1.82, 2.24) is 5.32 Å². The first-order valence-corrected chi connectivity index (χ1v) is 7.64. The number of nitrogens with one attached hydrogen (secondary N) is 1. The molecule has 0 radical (unpaired) electrons. The van der Waals surface area contributed by atoms with Crippen LogP contribution >= 0.6 is 0 Å². The highest BCUT2D eigenvalue weighted by molar-refractivity contribution is 5.75. The second-order valence-electron chi connectivity index (χ2n) is 6.92. The Balaban J connectivity index is 2.18. The number of hydrogen-bond acceptors (Lipinski definition) is 2. The van der Waals surface area contributed by atoms with Gasteiger partial charge in [-0.25, -0.2) is 0 Å². The summed E-state index contributed by atoms with van der Waals surface area (Å²) in [4.78, 5) is 11.6. The van der Waals surface area contributed by atoms with Crippen LogP contribution in [-0.2, 0) is 4.79 Å². The molecule has 1 aliphatic carbocycles. The Kier molecular flexibility index (Phi) is 4.38. The average Bonchev–Trinajstić information content (AvgIpc) is 2.36. The molecular formula is C17H27NO2. The Hall–Kier alpha value is -1.09. The predicted octanol–water partition coefficient (Wildman–Crippen LogP) is 3.52. The van der Waals surface area contributed by atoms with Gasteiger partial charge in [0.15, 0.2) is 0 Å². The van der Waals surface area contributed by atoms with E-state index in [1.807, 2.05) is 0 Å². The molecule has 2 N–H and O–H groups in total. The molecule has 0 aromatic rings. The van der Waals surface area contributed by atoms with Crippen LogP contribution in [0.1, 0.15) is 53.4 Å². The molecule has 20 heavy (non-hydrogen) atoms. The van der Waals surface area contributed by atoms with Gasteiger partial charge in [-0.2, -0.15) is 0 Å². The molecule has 0 spiro atoms. The van der Waals surface area contributed by atoms with Crippen LogP contribution in [0.25, 0.3) is 0 Å². The Bertz CT molecular complexity index is 448. The molecule has 2 rings (SSSR count). The molecule has 3 heteroatoms. The van der Waals surface area contributed by atoms with E-state index < -0.39 is 12.0 Å². The van der Waals surface area contributed by atoms with Crippen LogP contribution in [0.15, 0.2) is 23.3 Å². The molecule has 1 aliphatic heterocycles. The van der Waals surface area contributed by atoms with E-state index in [0.717, 1.165) is 25.7 Å². The summed E-state index contributed by atoms with van der Waals surface area (Å²) in [6.07, 6.45) is 8.62. The Morgan fingerprint density at radius 1 is 1.55 bits per heavy atom. The monoisotopic (exact) mass is 277 g/mol. The van der Waals surface area contributed by atoms with E-state index in [-0.39, 0.29) is 11.5 Å².